The molecule has 1 aromatic carbocycles. The van der Waals surface area contributed by atoms with Gasteiger partial charge in [-0.1, -0.05) is 18.2 Å². The molecule has 1 fully saturated rings. The molecule has 1 amide bonds. The van der Waals surface area contributed by atoms with E-state index in [-0.39, 0.29) is 17.8 Å². The highest BCUT2D eigenvalue weighted by Crippen LogP contribution is 2.18. The van der Waals surface area contributed by atoms with Crippen LogP contribution in [0.1, 0.15) is 25.3 Å². The second-order valence-corrected chi connectivity index (χ2v) is 5.91. The molecule has 1 aliphatic rings. The van der Waals surface area contributed by atoms with Crippen molar-refractivity contribution in [3.63, 3.8) is 0 Å². The van der Waals surface area contributed by atoms with E-state index in [1.54, 1.807) is 7.11 Å². The van der Waals surface area contributed by atoms with E-state index in [1.165, 1.54) is 0 Å². The third kappa shape index (κ3) is 5.23. The molecule has 0 unspecified atom stereocenters. The van der Waals surface area contributed by atoms with E-state index in [0.717, 1.165) is 30.7 Å². The highest BCUT2D eigenvalue weighted by molar-refractivity contribution is 5.78. The van der Waals surface area contributed by atoms with Crippen LogP contribution in [-0.4, -0.2) is 50.1 Å². The molecule has 0 aliphatic carbocycles. The maximum atomic E-state index is 12.2. The maximum absolute atomic E-state index is 12.2. The molecule has 1 heterocycles. The van der Waals surface area contributed by atoms with Crippen LogP contribution in [0.25, 0.3) is 0 Å². The minimum absolute atomic E-state index is 0.0505. The van der Waals surface area contributed by atoms with E-state index in [0.29, 0.717) is 26.2 Å². The smallest absolute Gasteiger partial charge is 0.310 e. The standard InChI is InChI=1S/C18H26N2O4/c1-3-24-18(22)15-8-6-10-20(12-15)13-17(21)19-11-14-7-4-5-9-16(14)23-2/h4-5,7,9,15H,3,6,8,10-13H2,1-2H3,(H,19,21)/t15-/m1/s1. The lowest BCUT2D eigenvalue weighted by Gasteiger charge is -2.30. The van der Waals surface area contributed by atoms with E-state index < -0.39 is 0 Å². The van der Waals surface area contributed by atoms with Crippen molar-refractivity contribution in [3.8, 4) is 5.75 Å². The number of rotatable bonds is 7. The van der Waals surface area contributed by atoms with E-state index in [1.807, 2.05) is 36.1 Å². The minimum atomic E-state index is -0.156. The topological polar surface area (TPSA) is 67.9 Å². The van der Waals surface area contributed by atoms with Gasteiger partial charge in [0.1, 0.15) is 5.75 Å². The number of amides is 1. The monoisotopic (exact) mass is 334 g/mol. The molecule has 0 aromatic heterocycles. The van der Waals surface area contributed by atoms with Crippen molar-refractivity contribution in [2.24, 2.45) is 5.92 Å². The lowest BCUT2D eigenvalue weighted by molar-refractivity contribution is -0.150. The number of carbonyl (C=O) groups excluding carboxylic acids is 2. The number of benzene rings is 1. The zero-order chi connectivity index (χ0) is 17.4. The van der Waals surface area contributed by atoms with Gasteiger partial charge in [-0.3, -0.25) is 14.5 Å². The summed E-state index contributed by atoms with van der Waals surface area (Å²) in [5.74, 6) is 0.431. The highest BCUT2D eigenvalue weighted by atomic mass is 16.5. The first-order chi connectivity index (χ1) is 11.6. The number of carbonyl (C=O) groups is 2. The normalized spacial score (nSPS) is 18.0. The third-order valence-corrected chi connectivity index (χ3v) is 4.16. The van der Waals surface area contributed by atoms with Crippen molar-refractivity contribution >= 4 is 11.9 Å². The van der Waals surface area contributed by atoms with Crippen LogP contribution in [-0.2, 0) is 20.9 Å². The molecule has 1 saturated heterocycles. The Kier molecular flexibility index (Phi) is 7.06. The van der Waals surface area contributed by atoms with Crippen LogP contribution < -0.4 is 10.1 Å². The number of ether oxygens (including phenoxy) is 2. The first kappa shape index (κ1) is 18.3. The molecule has 0 bridgehead atoms. The predicted molar refractivity (Wildman–Crippen MR) is 90.6 cm³/mol. The second kappa shape index (κ2) is 9.27. The summed E-state index contributed by atoms with van der Waals surface area (Å²) in [6.07, 6.45) is 1.74. The van der Waals surface area contributed by atoms with Crippen LogP contribution in [0.15, 0.2) is 24.3 Å². The zero-order valence-electron chi connectivity index (χ0n) is 14.4. The fourth-order valence-electron chi connectivity index (χ4n) is 2.95. The molecule has 0 saturated carbocycles. The van der Waals surface area contributed by atoms with Crippen LogP contribution in [0.3, 0.4) is 0 Å². The van der Waals surface area contributed by atoms with Gasteiger partial charge in [0.25, 0.3) is 0 Å². The largest absolute Gasteiger partial charge is 0.496 e. The van der Waals surface area contributed by atoms with Crippen molar-refractivity contribution in [1.29, 1.82) is 0 Å². The summed E-state index contributed by atoms with van der Waals surface area (Å²) in [5.41, 5.74) is 0.941. The van der Waals surface area contributed by atoms with Crippen LogP contribution >= 0.6 is 0 Å². The van der Waals surface area contributed by atoms with E-state index in [9.17, 15) is 9.59 Å². The van der Waals surface area contributed by atoms with Crippen LogP contribution in [0.2, 0.25) is 0 Å². The highest BCUT2D eigenvalue weighted by Gasteiger charge is 2.27. The fraction of sp³-hybridized carbons (Fsp3) is 0.556. The minimum Gasteiger partial charge on any atom is -0.496 e. The van der Waals surface area contributed by atoms with E-state index in [2.05, 4.69) is 5.32 Å². The molecule has 1 atom stereocenters. The van der Waals surface area contributed by atoms with Gasteiger partial charge in [-0.15, -0.1) is 0 Å². The van der Waals surface area contributed by atoms with Crippen LogP contribution in [0, 0.1) is 5.92 Å². The summed E-state index contributed by atoms with van der Waals surface area (Å²) in [6.45, 7) is 4.35. The van der Waals surface area contributed by atoms with Crippen molar-refractivity contribution in [3.05, 3.63) is 29.8 Å². The van der Waals surface area contributed by atoms with Crippen LogP contribution in [0.4, 0.5) is 0 Å². The molecule has 2 rings (SSSR count). The van der Waals surface area contributed by atoms with Crippen molar-refractivity contribution in [2.45, 2.75) is 26.3 Å². The third-order valence-electron chi connectivity index (χ3n) is 4.16. The molecular formula is C18H26N2O4. The predicted octanol–water partition coefficient (Wildman–Crippen LogP) is 1.59. The number of esters is 1. The number of para-hydroxylation sites is 1. The van der Waals surface area contributed by atoms with Gasteiger partial charge in [0.15, 0.2) is 0 Å². The number of hydrogen-bond acceptors (Lipinski definition) is 5. The van der Waals surface area contributed by atoms with Gasteiger partial charge in [-0.2, -0.15) is 0 Å². The number of nitrogens with one attached hydrogen (secondary N) is 1. The molecule has 1 aromatic rings. The Balaban J connectivity index is 1.80. The molecule has 132 valence electrons. The average Bonchev–Trinajstić information content (AvgIpc) is 2.60. The van der Waals surface area contributed by atoms with Gasteiger partial charge in [0.05, 0.1) is 26.2 Å². The summed E-state index contributed by atoms with van der Waals surface area (Å²) in [5, 5.41) is 2.91. The summed E-state index contributed by atoms with van der Waals surface area (Å²) in [4.78, 5) is 26.0. The molecule has 24 heavy (non-hydrogen) atoms. The molecule has 1 aliphatic heterocycles. The van der Waals surface area contributed by atoms with Crippen molar-refractivity contribution in [1.82, 2.24) is 10.2 Å². The number of hydrogen-bond donors (Lipinski definition) is 1. The van der Waals surface area contributed by atoms with Gasteiger partial charge >= 0.3 is 5.97 Å². The molecule has 6 nitrogen and oxygen atoms in total. The Morgan fingerprint density at radius 2 is 2.12 bits per heavy atom. The number of piperidine rings is 1. The Hall–Kier alpha value is -2.08. The van der Waals surface area contributed by atoms with Gasteiger partial charge in [0.2, 0.25) is 5.91 Å². The quantitative estimate of drug-likeness (QED) is 0.767. The van der Waals surface area contributed by atoms with Gasteiger partial charge in [0, 0.05) is 18.7 Å². The number of methoxy groups -OCH3 is 1. The van der Waals surface area contributed by atoms with Crippen LogP contribution in [0.5, 0.6) is 5.75 Å². The zero-order valence-corrected chi connectivity index (χ0v) is 14.4. The SMILES string of the molecule is CCOC(=O)[C@@H]1CCCN(CC(=O)NCc2ccccc2OC)C1. The Morgan fingerprint density at radius 3 is 2.88 bits per heavy atom. The lowest BCUT2D eigenvalue weighted by atomic mass is 9.98. The summed E-state index contributed by atoms with van der Waals surface area (Å²) in [6, 6.07) is 7.61. The average molecular weight is 334 g/mol. The fourth-order valence-corrected chi connectivity index (χ4v) is 2.95. The van der Waals surface area contributed by atoms with E-state index in [4.69, 9.17) is 9.47 Å². The first-order valence-corrected chi connectivity index (χ1v) is 8.41. The molecule has 6 heteroatoms. The summed E-state index contributed by atoms with van der Waals surface area (Å²) in [7, 11) is 1.61. The number of likely N-dealkylation sites (tertiary alicyclic amines) is 1. The Labute approximate surface area is 143 Å². The maximum Gasteiger partial charge on any atom is 0.310 e. The number of nitrogens with zero attached hydrogens (tertiary/aromatic N) is 1. The summed E-state index contributed by atoms with van der Waals surface area (Å²) < 4.78 is 10.4. The first-order valence-electron chi connectivity index (χ1n) is 8.41. The van der Waals surface area contributed by atoms with Gasteiger partial charge < -0.3 is 14.8 Å². The summed E-state index contributed by atoms with van der Waals surface area (Å²) >= 11 is 0. The van der Waals surface area contributed by atoms with Gasteiger partial charge in [-0.05, 0) is 32.4 Å². The van der Waals surface area contributed by atoms with E-state index >= 15 is 0 Å². The molecular weight excluding hydrogens is 308 g/mol. The molecule has 1 N–H and O–H groups in total. The Morgan fingerprint density at radius 1 is 1.33 bits per heavy atom. The second-order valence-electron chi connectivity index (χ2n) is 5.91. The molecule has 0 radical (unpaired) electrons. The van der Waals surface area contributed by atoms with Crippen molar-refractivity contribution in [2.75, 3.05) is 33.4 Å². The van der Waals surface area contributed by atoms with Gasteiger partial charge in [-0.25, -0.2) is 0 Å². The lowest BCUT2D eigenvalue weighted by Crippen LogP contribution is -2.44. The molecule has 0 spiro atoms. The van der Waals surface area contributed by atoms with Crippen molar-refractivity contribution < 1.29 is 19.1 Å². The Bertz CT molecular complexity index is 562.